The Morgan fingerprint density at radius 1 is 1.14 bits per heavy atom. The van der Waals surface area contributed by atoms with Crippen molar-refractivity contribution in [1.82, 2.24) is 0 Å². The van der Waals surface area contributed by atoms with Gasteiger partial charge >= 0.3 is 11.9 Å². The number of esters is 2. The lowest BCUT2D eigenvalue weighted by atomic mass is 9.45. The van der Waals surface area contributed by atoms with Gasteiger partial charge in [0.25, 0.3) is 0 Å². The van der Waals surface area contributed by atoms with Crippen LogP contribution in [-0.4, -0.2) is 63.7 Å². The molecule has 1 aromatic rings. The molecule has 2 saturated carbocycles. The average molecular weight is 517 g/mol. The fourth-order valence-corrected chi connectivity index (χ4v) is 8.82. The van der Waals surface area contributed by atoms with E-state index in [1.807, 2.05) is 6.92 Å². The van der Waals surface area contributed by atoms with Crippen LogP contribution in [0, 0.1) is 22.2 Å². The van der Waals surface area contributed by atoms with Crippen molar-refractivity contribution >= 4 is 17.7 Å². The van der Waals surface area contributed by atoms with Crippen LogP contribution in [0.15, 0.2) is 35.2 Å². The number of ketones is 1. The highest BCUT2D eigenvalue weighted by molar-refractivity contribution is 6.00. The normalized spacial score (nSPS) is 51.2. The summed E-state index contributed by atoms with van der Waals surface area (Å²) in [6.45, 7) is 8.27. The lowest BCUT2D eigenvalue weighted by Crippen LogP contribution is -2.70. The zero-order chi connectivity index (χ0) is 27.0. The van der Waals surface area contributed by atoms with Gasteiger partial charge in [-0.15, -0.1) is 0 Å². The Kier molecular flexibility index (Phi) is 4.50. The lowest BCUT2D eigenvalue weighted by Gasteiger charge is -2.59. The van der Waals surface area contributed by atoms with Crippen LogP contribution in [0.3, 0.4) is 0 Å². The number of carbonyl (C=O) groups is 3. The fourth-order valence-electron chi connectivity index (χ4n) is 8.82. The monoisotopic (exact) mass is 516 g/mol. The Bertz CT molecular complexity index is 1250. The lowest BCUT2D eigenvalue weighted by molar-refractivity contribution is -0.340. The molecule has 3 aliphatic heterocycles. The first-order valence-electron chi connectivity index (χ1n) is 12.5. The molecule has 5 aliphatic rings. The van der Waals surface area contributed by atoms with Gasteiger partial charge in [-0.25, -0.2) is 9.59 Å². The van der Waals surface area contributed by atoms with Gasteiger partial charge in [-0.05, 0) is 38.7 Å². The average Bonchev–Trinajstić information content (AvgIpc) is 3.33. The third-order valence-corrected chi connectivity index (χ3v) is 10.5. The second-order valence-electron chi connectivity index (χ2n) is 12.3. The summed E-state index contributed by atoms with van der Waals surface area (Å²) in [5, 5.41) is 25.0. The molecule has 37 heavy (non-hydrogen) atoms. The Balaban J connectivity index is 1.62. The number of fused-ring (bicyclic) bond motifs is 3. The van der Waals surface area contributed by atoms with E-state index in [9.17, 15) is 24.6 Å². The molecule has 5 fully saturated rings. The van der Waals surface area contributed by atoms with Crippen molar-refractivity contribution in [3.05, 3.63) is 36.3 Å². The van der Waals surface area contributed by atoms with Gasteiger partial charge in [0, 0.05) is 22.5 Å². The van der Waals surface area contributed by atoms with Gasteiger partial charge in [0.1, 0.15) is 17.3 Å². The van der Waals surface area contributed by atoms with Crippen molar-refractivity contribution in [1.29, 1.82) is 0 Å². The van der Waals surface area contributed by atoms with Gasteiger partial charge in [0.05, 0.1) is 25.1 Å². The first kappa shape index (κ1) is 24.8. The smallest absolute Gasteiger partial charge is 0.339 e. The highest BCUT2D eigenvalue weighted by Crippen LogP contribution is 2.84. The van der Waals surface area contributed by atoms with E-state index in [4.69, 9.17) is 23.4 Å². The topological polar surface area (TPSA) is 145 Å². The van der Waals surface area contributed by atoms with Gasteiger partial charge in [0.2, 0.25) is 11.6 Å². The Morgan fingerprint density at radius 2 is 1.84 bits per heavy atom. The van der Waals surface area contributed by atoms with Crippen molar-refractivity contribution < 1.29 is 48.0 Å². The third kappa shape index (κ3) is 2.28. The summed E-state index contributed by atoms with van der Waals surface area (Å²) in [7, 11) is 1.23. The summed E-state index contributed by atoms with van der Waals surface area (Å²) in [4.78, 5) is 39.3. The van der Waals surface area contributed by atoms with Crippen LogP contribution in [0.5, 0.6) is 0 Å². The van der Waals surface area contributed by atoms with Gasteiger partial charge in [-0.2, -0.15) is 0 Å². The van der Waals surface area contributed by atoms with Crippen molar-refractivity contribution in [2.45, 2.75) is 82.3 Å². The molecular weight excluding hydrogens is 484 g/mol. The van der Waals surface area contributed by atoms with E-state index in [0.717, 1.165) is 6.08 Å². The zero-order valence-electron chi connectivity index (χ0n) is 21.7. The van der Waals surface area contributed by atoms with Crippen molar-refractivity contribution in [3.8, 4) is 0 Å². The molecule has 10 nitrogen and oxygen atoms in total. The number of hydrogen-bond acceptors (Lipinski definition) is 10. The molecule has 6 rings (SSSR count). The number of furan rings is 1. The minimum absolute atomic E-state index is 0.403. The summed E-state index contributed by atoms with van der Waals surface area (Å²) in [5.74, 6) is -5.08. The van der Waals surface area contributed by atoms with Gasteiger partial charge in [-0.3, -0.25) is 4.79 Å². The number of Topliss-reactive ketones (excluding diaryl/α,β-unsaturated/α-hetero) is 1. The molecule has 200 valence electrons. The molecule has 2 aliphatic carbocycles. The highest BCUT2D eigenvalue weighted by atomic mass is 16.7. The molecule has 2 N–H and O–H groups in total. The summed E-state index contributed by atoms with van der Waals surface area (Å²) < 4.78 is 28.4. The maximum atomic E-state index is 13.9. The van der Waals surface area contributed by atoms with Gasteiger partial charge in [-0.1, -0.05) is 26.8 Å². The first-order valence-corrected chi connectivity index (χ1v) is 12.5. The zero-order valence-corrected chi connectivity index (χ0v) is 21.7. The second kappa shape index (κ2) is 6.72. The molecule has 1 spiro atoms. The predicted octanol–water partition coefficient (Wildman–Crippen LogP) is 1.98. The number of hydrogen-bond donors (Lipinski definition) is 2. The van der Waals surface area contributed by atoms with Crippen LogP contribution in [-0.2, 0) is 33.3 Å². The first-order chi connectivity index (χ1) is 17.1. The number of epoxide rings is 1. The van der Waals surface area contributed by atoms with Gasteiger partial charge < -0.3 is 33.6 Å². The quantitative estimate of drug-likeness (QED) is 0.347. The van der Waals surface area contributed by atoms with E-state index in [2.05, 4.69) is 0 Å². The number of rotatable bonds is 3. The summed E-state index contributed by atoms with van der Waals surface area (Å²) in [6, 6.07) is 1.72. The van der Waals surface area contributed by atoms with Crippen LogP contribution >= 0.6 is 0 Å². The number of aliphatic hydroxyl groups is 2. The van der Waals surface area contributed by atoms with Crippen molar-refractivity contribution in [3.63, 3.8) is 0 Å². The highest BCUT2D eigenvalue weighted by Gasteiger charge is 2.98. The molecule has 10 heteroatoms. The maximum absolute atomic E-state index is 13.9. The Hall–Kier alpha value is -2.53. The molecule has 3 saturated heterocycles. The number of cyclic esters (lactones) is 1. The molecule has 4 heterocycles. The maximum Gasteiger partial charge on any atom is 0.339 e. The minimum atomic E-state index is -2.46. The minimum Gasteiger partial charge on any atom is -0.472 e. The van der Waals surface area contributed by atoms with Crippen LogP contribution in [0.2, 0.25) is 0 Å². The number of ether oxygens (including phenoxy) is 4. The molecule has 0 bridgehead atoms. The largest absolute Gasteiger partial charge is 0.472 e. The van der Waals surface area contributed by atoms with E-state index < -0.39 is 74.7 Å². The summed E-state index contributed by atoms with van der Waals surface area (Å²) in [6.07, 6.45) is 4.68. The van der Waals surface area contributed by atoms with Crippen LogP contribution in [0.25, 0.3) is 0 Å². The molecule has 0 radical (unpaired) electrons. The molecule has 9 atom stereocenters. The Morgan fingerprint density at radius 3 is 2.46 bits per heavy atom. The van der Waals surface area contributed by atoms with E-state index in [-0.39, 0.29) is 0 Å². The number of carbonyl (C=O) groups excluding carboxylic acids is 3. The van der Waals surface area contributed by atoms with Gasteiger partial charge in [0.15, 0.2) is 11.7 Å². The van der Waals surface area contributed by atoms with Crippen molar-refractivity contribution in [2.75, 3.05) is 7.11 Å². The second-order valence-corrected chi connectivity index (χ2v) is 12.3. The van der Waals surface area contributed by atoms with E-state index >= 15 is 0 Å². The van der Waals surface area contributed by atoms with E-state index in [1.54, 1.807) is 19.9 Å². The molecule has 0 amide bonds. The van der Waals surface area contributed by atoms with E-state index in [1.165, 1.54) is 39.6 Å². The Labute approximate surface area is 213 Å². The summed E-state index contributed by atoms with van der Waals surface area (Å²) in [5.41, 5.74) is -8.55. The third-order valence-electron chi connectivity index (χ3n) is 10.5. The number of methoxy groups -OCH3 is 1. The summed E-state index contributed by atoms with van der Waals surface area (Å²) >= 11 is 0. The fraction of sp³-hybridized carbons (Fsp3) is 0.667. The SMILES string of the molecule is COC(=O)/C=C\[C@@]1(C)[C@H]2CC[C@@]3(C)[C@H](c4ccoc4)OC(=O)[C@H]4O[C@]43[C@]2(C)[C@]2(O)OC(C)(C)C(=O)[C@@]21O. The van der Waals surface area contributed by atoms with Crippen LogP contribution in [0.1, 0.15) is 59.1 Å². The standard InChI is InChI=1S/C27H32O10/c1-21(2)20(30)25(31)22(3,11-8-16(28)33-6)15-7-10-23(4)17(14-9-12-34-13-14)35-19(29)18-26(23,36-18)24(15,5)27(25,32)37-21/h8-9,11-13,15,17-18,31-32H,7,10H2,1-6H3/b11-8-/t15-,17+,18-,22+,23+,24-,25+,26-,27+/m1/s1. The molecule has 1 aromatic heterocycles. The molecule has 0 unspecified atom stereocenters. The molecule has 0 aromatic carbocycles. The van der Waals surface area contributed by atoms with Crippen LogP contribution in [0.4, 0.5) is 0 Å². The molecular formula is C27H32O10. The van der Waals surface area contributed by atoms with E-state index in [0.29, 0.717) is 18.4 Å². The van der Waals surface area contributed by atoms with Crippen molar-refractivity contribution in [2.24, 2.45) is 22.2 Å². The predicted molar refractivity (Wildman–Crippen MR) is 123 cm³/mol. The van der Waals surface area contributed by atoms with Crippen LogP contribution < -0.4 is 0 Å².